The Balaban J connectivity index is 2.69. The molecule has 0 bridgehead atoms. The predicted molar refractivity (Wildman–Crippen MR) is 53.9 cm³/mol. The number of halogens is 1. The highest BCUT2D eigenvalue weighted by Gasteiger charge is 1.96. The van der Waals surface area contributed by atoms with Gasteiger partial charge in [-0.3, -0.25) is 0 Å². The monoisotopic (exact) mass is 229 g/mol. The van der Waals surface area contributed by atoms with Crippen molar-refractivity contribution in [1.82, 2.24) is 0 Å². The summed E-state index contributed by atoms with van der Waals surface area (Å²) in [4.78, 5) is 0. The Morgan fingerprint density at radius 3 is 2.83 bits per heavy atom. The fourth-order valence-electron chi connectivity index (χ4n) is 0.903. The van der Waals surface area contributed by atoms with E-state index >= 15 is 0 Å². The Kier molecular flexibility index (Phi) is 3.56. The van der Waals surface area contributed by atoms with Crippen molar-refractivity contribution in [2.24, 2.45) is 0 Å². The number of ether oxygens (including phenoxy) is 1. The first kappa shape index (κ1) is 9.55. The standard InChI is InChI=1S/C9H12BrNO/c1-2-12-6-7-3-4-8(10)9(11)5-7/h3-5H,2,6,11H2,1H3. The third-order valence-electron chi connectivity index (χ3n) is 1.53. The Hall–Kier alpha value is -0.540. The van der Waals surface area contributed by atoms with E-state index in [1.54, 1.807) is 0 Å². The van der Waals surface area contributed by atoms with Gasteiger partial charge in [-0.15, -0.1) is 0 Å². The van der Waals surface area contributed by atoms with Crippen molar-refractivity contribution in [3.05, 3.63) is 28.2 Å². The van der Waals surface area contributed by atoms with Crippen LogP contribution in [0.3, 0.4) is 0 Å². The van der Waals surface area contributed by atoms with Gasteiger partial charge in [-0.2, -0.15) is 0 Å². The van der Waals surface area contributed by atoms with Crippen molar-refractivity contribution in [1.29, 1.82) is 0 Å². The Labute approximate surface area is 80.8 Å². The minimum atomic E-state index is 0.633. The molecule has 2 nitrogen and oxygen atoms in total. The SMILES string of the molecule is CCOCc1ccc(Br)c(N)c1. The van der Waals surface area contributed by atoms with Crippen molar-refractivity contribution in [3.8, 4) is 0 Å². The molecular formula is C9H12BrNO. The van der Waals surface area contributed by atoms with Gasteiger partial charge in [0.15, 0.2) is 0 Å². The lowest BCUT2D eigenvalue weighted by atomic mass is 10.2. The number of hydrogen-bond donors (Lipinski definition) is 1. The van der Waals surface area contributed by atoms with E-state index in [1.807, 2.05) is 25.1 Å². The van der Waals surface area contributed by atoms with Crippen LogP contribution < -0.4 is 5.73 Å². The molecule has 0 amide bonds. The number of hydrogen-bond acceptors (Lipinski definition) is 2. The summed E-state index contributed by atoms with van der Waals surface area (Å²) in [5.74, 6) is 0. The van der Waals surface area contributed by atoms with Gasteiger partial charge in [0.2, 0.25) is 0 Å². The molecule has 1 aromatic carbocycles. The van der Waals surface area contributed by atoms with E-state index in [0.717, 1.165) is 22.3 Å². The second-order valence-electron chi connectivity index (χ2n) is 2.49. The van der Waals surface area contributed by atoms with Crippen LogP contribution in [-0.2, 0) is 11.3 Å². The Morgan fingerprint density at radius 2 is 2.25 bits per heavy atom. The molecule has 0 saturated carbocycles. The minimum Gasteiger partial charge on any atom is -0.398 e. The van der Waals surface area contributed by atoms with E-state index < -0.39 is 0 Å². The minimum absolute atomic E-state index is 0.633. The van der Waals surface area contributed by atoms with Gasteiger partial charge >= 0.3 is 0 Å². The van der Waals surface area contributed by atoms with Gasteiger partial charge in [0.1, 0.15) is 0 Å². The summed E-state index contributed by atoms with van der Waals surface area (Å²) in [5, 5.41) is 0. The molecule has 1 aromatic rings. The summed E-state index contributed by atoms with van der Waals surface area (Å²) in [7, 11) is 0. The first-order chi connectivity index (χ1) is 5.74. The van der Waals surface area contributed by atoms with Crippen LogP contribution in [0.4, 0.5) is 5.69 Å². The van der Waals surface area contributed by atoms with E-state index in [2.05, 4.69) is 15.9 Å². The second kappa shape index (κ2) is 4.48. The molecule has 66 valence electrons. The van der Waals surface area contributed by atoms with Crippen LogP contribution in [0, 0.1) is 0 Å². The zero-order chi connectivity index (χ0) is 8.97. The molecule has 0 spiro atoms. The quantitative estimate of drug-likeness (QED) is 0.810. The molecule has 0 aromatic heterocycles. The maximum absolute atomic E-state index is 5.69. The summed E-state index contributed by atoms with van der Waals surface area (Å²) < 4.78 is 6.18. The normalized spacial score (nSPS) is 10.2. The van der Waals surface area contributed by atoms with Gasteiger partial charge in [0.05, 0.1) is 6.61 Å². The molecule has 0 atom stereocenters. The maximum atomic E-state index is 5.69. The van der Waals surface area contributed by atoms with Crippen molar-refractivity contribution < 1.29 is 4.74 Å². The van der Waals surface area contributed by atoms with Gasteiger partial charge in [0, 0.05) is 16.8 Å². The molecule has 0 aliphatic carbocycles. The molecule has 12 heavy (non-hydrogen) atoms. The zero-order valence-electron chi connectivity index (χ0n) is 7.01. The molecule has 0 saturated heterocycles. The molecule has 3 heteroatoms. The average molecular weight is 230 g/mol. The highest BCUT2D eigenvalue weighted by molar-refractivity contribution is 9.10. The first-order valence-corrected chi connectivity index (χ1v) is 4.65. The molecule has 0 unspecified atom stereocenters. The number of nitrogen functional groups attached to an aromatic ring is 1. The fourth-order valence-corrected chi connectivity index (χ4v) is 1.15. The van der Waals surface area contributed by atoms with Crippen LogP contribution in [0.1, 0.15) is 12.5 Å². The van der Waals surface area contributed by atoms with Crippen LogP contribution in [0.5, 0.6) is 0 Å². The second-order valence-corrected chi connectivity index (χ2v) is 3.35. The molecular weight excluding hydrogens is 218 g/mol. The molecule has 0 aliphatic rings. The lowest BCUT2D eigenvalue weighted by Gasteiger charge is -2.03. The van der Waals surface area contributed by atoms with E-state index in [0.29, 0.717) is 6.61 Å². The predicted octanol–water partition coefficient (Wildman–Crippen LogP) is 2.57. The van der Waals surface area contributed by atoms with Crippen LogP contribution in [0.2, 0.25) is 0 Å². The van der Waals surface area contributed by atoms with Crippen LogP contribution in [0.15, 0.2) is 22.7 Å². The average Bonchev–Trinajstić information content (AvgIpc) is 2.07. The first-order valence-electron chi connectivity index (χ1n) is 3.85. The van der Waals surface area contributed by atoms with Crippen molar-refractivity contribution in [2.45, 2.75) is 13.5 Å². The maximum Gasteiger partial charge on any atom is 0.0717 e. The van der Waals surface area contributed by atoms with Crippen LogP contribution >= 0.6 is 15.9 Å². The topological polar surface area (TPSA) is 35.2 Å². The van der Waals surface area contributed by atoms with E-state index in [1.165, 1.54) is 0 Å². The summed E-state index contributed by atoms with van der Waals surface area (Å²) in [6.07, 6.45) is 0. The van der Waals surface area contributed by atoms with Gasteiger partial charge in [-0.25, -0.2) is 0 Å². The number of nitrogens with two attached hydrogens (primary N) is 1. The highest BCUT2D eigenvalue weighted by atomic mass is 79.9. The smallest absolute Gasteiger partial charge is 0.0717 e. The van der Waals surface area contributed by atoms with E-state index in [4.69, 9.17) is 10.5 Å². The molecule has 0 aliphatic heterocycles. The Morgan fingerprint density at radius 1 is 1.50 bits per heavy atom. The molecule has 0 radical (unpaired) electrons. The number of rotatable bonds is 3. The largest absolute Gasteiger partial charge is 0.398 e. The van der Waals surface area contributed by atoms with Crippen molar-refractivity contribution in [2.75, 3.05) is 12.3 Å². The van der Waals surface area contributed by atoms with Gasteiger partial charge in [0.25, 0.3) is 0 Å². The third kappa shape index (κ3) is 2.50. The molecule has 1 rings (SSSR count). The molecule has 2 N–H and O–H groups in total. The van der Waals surface area contributed by atoms with Gasteiger partial charge in [-0.05, 0) is 40.5 Å². The van der Waals surface area contributed by atoms with E-state index in [-0.39, 0.29) is 0 Å². The third-order valence-corrected chi connectivity index (χ3v) is 2.26. The summed E-state index contributed by atoms with van der Waals surface area (Å²) >= 11 is 3.33. The van der Waals surface area contributed by atoms with Gasteiger partial charge in [-0.1, -0.05) is 6.07 Å². The number of benzene rings is 1. The van der Waals surface area contributed by atoms with Crippen LogP contribution in [-0.4, -0.2) is 6.61 Å². The summed E-state index contributed by atoms with van der Waals surface area (Å²) in [5.41, 5.74) is 7.56. The van der Waals surface area contributed by atoms with Gasteiger partial charge < -0.3 is 10.5 Å². The molecule has 0 heterocycles. The van der Waals surface area contributed by atoms with Crippen molar-refractivity contribution in [3.63, 3.8) is 0 Å². The highest BCUT2D eigenvalue weighted by Crippen LogP contribution is 2.20. The molecule has 0 fully saturated rings. The number of anilines is 1. The van der Waals surface area contributed by atoms with Crippen molar-refractivity contribution >= 4 is 21.6 Å². The van der Waals surface area contributed by atoms with E-state index in [9.17, 15) is 0 Å². The van der Waals surface area contributed by atoms with Crippen LogP contribution in [0.25, 0.3) is 0 Å². The lowest BCUT2D eigenvalue weighted by Crippen LogP contribution is -1.94. The zero-order valence-corrected chi connectivity index (χ0v) is 8.60. The lowest BCUT2D eigenvalue weighted by molar-refractivity contribution is 0.134. The fraction of sp³-hybridized carbons (Fsp3) is 0.333. The Bertz CT molecular complexity index is 263. The summed E-state index contributed by atoms with van der Waals surface area (Å²) in [6.45, 7) is 3.34. The summed E-state index contributed by atoms with van der Waals surface area (Å²) in [6, 6.07) is 5.85.